The van der Waals surface area contributed by atoms with E-state index < -0.39 is 5.97 Å². The SMILES string of the molecule is CSC1(CNC(=O)N2CCC(CC(=O)O)C2)CC1. The molecule has 1 aliphatic heterocycles. The molecule has 0 aromatic heterocycles. The summed E-state index contributed by atoms with van der Waals surface area (Å²) in [6.07, 6.45) is 5.40. The monoisotopic (exact) mass is 272 g/mol. The molecule has 0 radical (unpaired) electrons. The highest BCUT2D eigenvalue weighted by Crippen LogP contribution is 2.46. The number of hydrogen-bond acceptors (Lipinski definition) is 3. The van der Waals surface area contributed by atoms with Crippen LogP contribution in [-0.4, -0.2) is 52.6 Å². The highest BCUT2D eigenvalue weighted by atomic mass is 32.2. The molecule has 0 aromatic rings. The Kier molecular flexibility index (Phi) is 4.04. The van der Waals surface area contributed by atoms with E-state index in [0.717, 1.165) is 13.0 Å². The summed E-state index contributed by atoms with van der Waals surface area (Å²) in [5.74, 6) is -0.662. The lowest BCUT2D eigenvalue weighted by Crippen LogP contribution is -2.41. The zero-order valence-electron chi connectivity index (χ0n) is 10.6. The average Bonchev–Trinajstić information content (AvgIpc) is 2.98. The first-order valence-electron chi connectivity index (χ1n) is 6.34. The summed E-state index contributed by atoms with van der Waals surface area (Å²) in [6, 6.07) is -0.0387. The maximum atomic E-state index is 11.9. The van der Waals surface area contributed by atoms with Crippen LogP contribution in [0.3, 0.4) is 0 Å². The Morgan fingerprint density at radius 3 is 2.78 bits per heavy atom. The highest BCUT2D eigenvalue weighted by Gasteiger charge is 2.42. The molecule has 102 valence electrons. The van der Waals surface area contributed by atoms with Gasteiger partial charge in [0.25, 0.3) is 0 Å². The molecule has 0 aromatic carbocycles. The summed E-state index contributed by atoms with van der Waals surface area (Å²) in [7, 11) is 0. The Hall–Kier alpha value is -0.910. The number of thioether (sulfide) groups is 1. The number of aliphatic carboxylic acids is 1. The second-order valence-electron chi connectivity index (χ2n) is 5.24. The fourth-order valence-electron chi connectivity index (χ4n) is 2.37. The van der Waals surface area contributed by atoms with Crippen LogP contribution in [0.25, 0.3) is 0 Å². The normalized spacial score (nSPS) is 24.9. The largest absolute Gasteiger partial charge is 0.481 e. The fraction of sp³-hybridized carbons (Fsp3) is 0.833. The molecule has 1 unspecified atom stereocenters. The van der Waals surface area contributed by atoms with Crippen LogP contribution in [0.4, 0.5) is 4.79 Å². The smallest absolute Gasteiger partial charge is 0.317 e. The molecule has 2 amide bonds. The van der Waals surface area contributed by atoms with E-state index in [9.17, 15) is 9.59 Å². The van der Waals surface area contributed by atoms with E-state index in [-0.39, 0.29) is 23.1 Å². The van der Waals surface area contributed by atoms with Crippen molar-refractivity contribution in [2.24, 2.45) is 5.92 Å². The van der Waals surface area contributed by atoms with E-state index in [2.05, 4.69) is 11.6 Å². The van der Waals surface area contributed by atoms with Gasteiger partial charge >= 0.3 is 12.0 Å². The Morgan fingerprint density at radius 1 is 1.50 bits per heavy atom. The summed E-state index contributed by atoms with van der Waals surface area (Å²) in [5, 5.41) is 11.7. The van der Waals surface area contributed by atoms with Crippen molar-refractivity contribution in [2.75, 3.05) is 25.9 Å². The maximum Gasteiger partial charge on any atom is 0.317 e. The van der Waals surface area contributed by atoms with Gasteiger partial charge in [-0.2, -0.15) is 11.8 Å². The predicted molar refractivity (Wildman–Crippen MR) is 70.8 cm³/mol. The molecule has 6 heteroatoms. The van der Waals surface area contributed by atoms with Crippen LogP contribution < -0.4 is 5.32 Å². The number of carboxylic acids is 1. The minimum atomic E-state index is -0.776. The number of nitrogens with one attached hydrogen (secondary N) is 1. The molecule has 2 aliphatic rings. The van der Waals surface area contributed by atoms with Crippen molar-refractivity contribution in [2.45, 2.75) is 30.4 Å². The van der Waals surface area contributed by atoms with Crippen molar-refractivity contribution in [3.63, 3.8) is 0 Å². The van der Waals surface area contributed by atoms with Gasteiger partial charge < -0.3 is 15.3 Å². The van der Waals surface area contributed by atoms with Gasteiger partial charge in [0.1, 0.15) is 0 Å². The van der Waals surface area contributed by atoms with Gasteiger partial charge in [0.2, 0.25) is 0 Å². The van der Waals surface area contributed by atoms with E-state index in [0.29, 0.717) is 13.1 Å². The lowest BCUT2D eigenvalue weighted by Gasteiger charge is -2.19. The summed E-state index contributed by atoms with van der Waals surface area (Å²) in [6.45, 7) is 1.98. The standard InChI is InChI=1S/C12H20N2O3S/c1-18-12(3-4-12)8-13-11(17)14-5-2-9(7-14)6-10(15)16/h9H,2-8H2,1H3,(H,13,17)(H,15,16). The van der Waals surface area contributed by atoms with Crippen molar-refractivity contribution >= 4 is 23.8 Å². The van der Waals surface area contributed by atoms with E-state index in [4.69, 9.17) is 5.11 Å². The summed E-state index contributed by atoms with van der Waals surface area (Å²) in [5.41, 5.74) is 0. The third-order valence-electron chi connectivity index (χ3n) is 3.84. The Bertz CT molecular complexity index is 344. The van der Waals surface area contributed by atoms with Gasteiger partial charge in [-0.15, -0.1) is 0 Å². The van der Waals surface area contributed by atoms with Gasteiger partial charge in [0.05, 0.1) is 0 Å². The Morgan fingerprint density at radius 2 is 2.22 bits per heavy atom. The van der Waals surface area contributed by atoms with E-state index in [1.54, 1.807) is 4.90 Å². The first-order chi connectivity index (χ1) is 8.54. The number of carboxylic acid groups (broad SMARTS) is 1. The lowest BCUT2D eigenvalue weighted by atomic mass is 10.1. The average molecular weight is 272 g/mol. The van der Waals surface area contributed by atoms with Crippen LogP contribution in [0.2, 0.25) is 0 Å². The van der Waals surface area contributed by atoms with Gasteiger partial charge in [0.15, 0.2) is 0 Å². The van der Waals surface area contributed by atoms with E-state index in [1.165, 1.54) is 12.8 Å². The molecule has 1 saturated carbocycles. The van der Waals surface area contributed by atoms with Crippen LogP contribution in [0.5, 0.6) is 0 Å². The number of urea groups is 1. The number of rotatable bonds is 5. The number of nitrogens with zero attached hydrogens (tertiary/aromatic N) is 1. The van der Waals surface area contributed by atoms with Crippen molar-refractivity contribution in [3.05, 3.63) is 0 Å². The number of carbonyl (C=O) groups excluding carboxylic acids is 1. The minimum Gasteiger partial charge on any atom is -0.481 e. The molecule has 0 spiro atoms. The van der Waals surface area contributed by atoms with Gasteiger partial charge in [-0.3, -0.25) is 4.79 Å². The number of amides is 2. The van der Waals surface area contributed by atoms with Gasteiger partial charge in [-0.25, -0.2) is 4.79 Å². The summed E-state index contributed by atoms with van der Waals surface area (Å²) >= 11 is 1.82. The zero-order valence-corrected chi connectivity index (χ0v) is 11.5. The molecular formula is C12H20N2O3S. The lowest BCUT2D eigenvalue weighted by molar-refractivity contribution is -0.138. The Labute approximate surface area is 111 Å². The molecule has 1 saturated heterocycles. The topological polar surface area (TPSA) is 69.6 Å². The van der Waals surface area contributed by atoms with Crippen LogP contribution >= 0.6 is 11.8 Å². The van der Waals surface area contributed by atoms with Crippen molar-refractivity contribution in [1.82, 2.24) is 10.2 Å². The maximum absolute atomic E-state index is 11.9. The van der Waals surface area contributed by atoms with Crippen LogP contribution in [0.1, 0.15) is 25.7 Å². The molecule has 2 rings (SSSR count). The molecule has 2 N–H and O–H groups in total. The van der Waals surface area contributed by atoms with Gasteiger partial charge in [-0.05, 0) is 31.4 Å². The molecule has 1 heterocycles. The minimum absolute atomic E-state index is 0.0387. The second-order valence-corrected chi connectivity index (χ2v) is 6.52. The van der Waals surface area contributed by atoms with Crippen LogP contribution in [0, 0.1) is 5.92 Å². The van der Waals surface area contributed by atoms with Gasteiger partial charge in [-0.1, -0.05) is 0 Å². The Balaban J connectivity index is 1.72. The van der Waals surface area contributed by atoms with Crippen molar-refractivity contribution in [3.8, 4) is 0 Å². The van der Waals surface area contributed by atoms with Crippen LogP contribution in [-0.2, 0) is 4.79 Å². The zero-order chi connectivity index (χ0) is 13.2. The third-order valence-corrected chi connectivity index (χ3v) is 5.26. The van der Waals surface area contributed by atoms with Gasteiger partial charge in [0, 0.05) is 30.8 Å². The molecule has 2 fully saturated rings. The van der Waals surface area contributed by atoms with E-state index >= 15 is 0 Å². The molecular weight excluding hydrogens is 252 g/mol. The molecule has 1 atom stereocenters. The first kappa shape index (κ1) is 13.5. The summed E-state index contributed by atoms with van der Waals surface area (Å²) < 4.78 is 0.274. The number of hydrogen-bond donors (Lipinski definition) is 2. The quantitative estimate of drug-likeness (QED) is 0.793. The molecule has 0 bridgehead atoms. The predicted octanol–water partition coefficient (Wildman–Crippen LogP) is 1.39. The third kappa shape index (κ3) is 3.31. The molecule has 18 heavy (non-hydrogen) atoms. The van der Waals surface area contributed by atoms with Crippen molar-refractivity contribution < 1.29 is 14.7 Å². The molecule has 1 aliphatic carbocycles. The number of likely N-dealkylation sites (tertiary alicyclic amines) is 1. The fourth-order valence-corrected chi connectivity index (χ4v) is 3.10. The highest BCUT2D eigenvalue weighted by molar-refractivity contribution is 8.00. The molecule has 5 nitrogen and oxygen atoms in total. The van der Waals surface area contributed by atoms with Crippen molar-refractivity contribution in [1.29, 1.82) is 0 Å². The number of carbonyl (C=O) groups is 2. The second kappa shape index (κ2) is 5.38. The summed E-state index contributed by atoms with van der Waals surface area (Å²) in [4.78, 5) is 24.3. The van der Waals surface area contributed by atoms with E-state index in [1.807, 2.05) is 11.8 Å². The van der Waals surface area contributed by atoms with Crippen LogP contribution in [0.15, 0.2) is 0 Å². The first-order valence-corrected chi connectivity index (χ1v) is 7.57.